The lowest BCUT2D eigenvalue weighted by Crippen LogP contribution is -2.50. The molecular formula is C25H32N2O4. The van der Waals surface area contributed by atoms with E-state index in [-0.39, 0.29) is 24.5 Å². The Balaban J connectivity index is 1.73. The number of para-hydroxylation sites is 2. The third-order valence-electron chi connectivity index (χ3n) is 5.72. The van der Waals surface area contributed by atoms with Crippen molar-refractivity contribution in [2.24, 2.45) is 0 Å². The van der Waals surface area contributed by atoms with Gasteiger partial charge in [-0.15, -0.1) is 0 Å². The molecule has 2 aromatic rings. The third kappa shape index (κ3) is 6.23. The summed E-state index contributed by atoms with van der Waals surface area (Å²) < 4.78 is 11.0. The second-order valence-corrected chi connectivity index (χ2v) is 8.12. The Morgan fingerprint density at radius 2 is 1.81 bits per heavy atom. The fraction of sp³-hybridized carbons (Fsp3) is 0.440. The Kier molecular flexibility index (Phi) is 7.93. The molecule has 1 saturated carbocycles. The zero-order valence-electron chi connectivity index (χ0n) is 18.6. The van der Waals surface area contributed by atoms with Crippen LogP contribution in [0.3, 0.4) is 0 Å². The van der Waals surface area contributed by atoms with Gasteiger partial charge in [-0.1, -0.05) is 54.8 Å². The van der Waals surface area contributed by atoms with Gasteiger partial charge in [0.1, 0.15) is 6.04 Å². The second kappa shape index (κ2) is 10.8. The van der Waals surface area contributed by atoms with Crippen LogP contribution in [0.2, 0.25) is 0 Å². The van der Waals surface area contributed by atoms with Crippen LogP contribution in [-0.2, 0) is 16.1 Å². The predicted molar refractivity (Wildman–Crippen MR) is 120 cm³/mol. The van der Waals surface area contributed by atoms with E-state index in [0.29, 0.717) is 18.0 Å². The average Bonchev–Trinajstić information content (AvgIpc) is 3.28. The van der Waals surface area contributed by atoms with Gasteiger partial charge in [-0.3, -0.25) is 9.59 Å². The highest BCUT2D eigenvalue weighted by molar-refractivity contribution is 5.88. The number of benzene rings is 2. The van der Waals surface area contributed by atoms with Crippen molar-refractivity contribution in [3.63, 3.8) is 0 Å². The number of hydrogen-bond acceptors (Lipinski definition) is 4. The lowest BCUT2D eigenvalue weighted by Gasteiger charge is -2.30. The summed E-state index contributed by atoms with van der Waals surface area (Å²) in [5.74, 6) is 0.691. The number of carbonyl (C=O) groups excluding carboxylic acids is 2. The largest absolute Gasteiger partial charge is 0.493 e. The molecule has 0 aromatic heterocycles. The van der Waals surface area contributed by atoms with E-state index < -0.39 is 6.04 Å². The first kappa shape index (κ1) is 22.7. The molecule has 0 spiro atoms. The first-order chi connectivity index (χ1) is 15.0. The summed E-state index contributed by atoms with van der Waals surface area (Å²) in [4.78, 5) is 27.7. The molecule has 2 aromatic carbocycles. The maximum Gasteiger partial charge on any atom is 0.261 e. The summed E-state index contributed by atoms with van der Waals surface area (Å²) in [6, 6.07) is 14.8. The molecule has 1 atom stereocenters. The summed E-state index contributed by atoms with van der Waals surface area (Å²) in [6.45, 7) is 3.96. The van der Waals surface area contributed by atoms with Gasteiger partial charge in [-0.05, 0) is 44.4 Å². The highest BCUT2D eigenvalue weighted by Gasteiger charge is 2.29. The van der Waals surface area contributed by atoms with Crippen LogP contribution < -0.4 is 14.8 Å². The van der Waals surface area contributed by atoms with Crippen molar-refractivity contribution in [3.8, 4) is 11.5 Å². The molecule has 0 radical (unpaired) electrons. The first-order valence-electron chi connectivity index (χ1n) is 10.9. The van der Waals surface area contributed by atoms with Crippen molar-refractivity contribution in [2.45, 2.75) is 58.2 Å². The van der Waals surface area contributed by atoms with E-state index in [1.54, 1.807) is 31.1 Å². The van der Waals surface area contributed by atoms with Crippen LogP contribution >= 0.6 is 0 Å². The van der Waals surface area contributed by atoms with E-state index >= 15 is 0 Å². The molecule has 31 heavy (non-hydrogen) atoms. The lowest BCUT2D eigenvalue weighted by molar-refractivity contribution is -0.142. The van der Waals surface area contributed by atoms with Crippen LogP contribution in [0, 0.1) is 6.92 Å². The topological polar surface area (TPSA) is 67.9 Å². The minimum atomic E-state index is -0.602. The molecule has 6 nitrogen and oxygen atoms in total. The van der Waals surface area contributed by atoms with E-state index in [9.17, 15) is 9.59 Å². The van der Waals surface area contributed by atoms with Gasteiger partial charge in [-0.25, -0.2) is 0 Å². The smallest absolute Gasteiger partial charge is 0.261 e. The monoisotopic (exact) mass is 424 g/mol. The molecule has 0 saturated heterocycles. The molecule has 1 aliphatic carbocycles. The first-order valence-corrected chi connectivity index (χ1v) is 10.9. The molecule has 166 valence electrons. The number of nitrogens with one attached hydrogen (secondary N) is 1. The molecule has 6 heteroatoms. The number of ether oxygens (including phenoxy) is 2. The van der Waals surface area contributed by atoms with E-state index in [1.807, 2.05) is 43.3 Å². The van der Waals surface area contributed by atoms with Crippen molar-refractivity contribution in [3.05, 3.63) is 59.7 Å². The predicted octanol–water partition coefficient (Wildman–Crippen LogP) is 3.86. The minimum Gasteiger partial charge on any atom is -0.493 e. The number of nitrogens with zero attached hydrogens (tertiary/aromatic N) is 1. The standard InChI is InChI=1S/C25H32N2O4/c1-18-9-8-10-20(15-18)16-27(19(2)25(29)26-21-11-4-5-12-21)24(28)17-31-23-14-7-6-13-22(23)30-3/h6-10,13-15,19,21H,4-5,11-12,16-17H2,1-3H3,(H,26,29). The van der Waals surface area contributed by atoms with Gasteiger partial charge in [0.25, 0.3) is 5.91 Å². The molecule has 3 rings (SSSR count). The summed E-state index contributed by atoms with van der Waals surface area (Å²) in [5, 5.41) is 3.11. The van der Waals surface area contributed by atoms with E-state index in [4.69, 9.17) is 9.47 Å². The van der Waals surface area contributed by atoms with Crippen molar-refractivity contribution in [1.29, 1.82) is 0 Å². The van der Waals surface area contributed by atoms with Crippen LogP contribution in [-0.4, -0.2) is 42.5 Å². The van der Waals surface area contributed by atoms with Gasteiger partial charge in [0.05, 0.1) is 7.11 Å². The van der Waals surface area contributed by atoms with Crippen LogP contribution in [0.5, 0.6) is 11.5 Å². The molecule has 1 unspecified atom stereocenters. The molecular weight excluding hydrogens is 392 g/mol. The fourth-order valence-corrected chi connectivity index (χ4v) is 3.94. The van der Waals surface area contributed by atoms with Gasteiger partial charge >= 0.3 is 0 Å². The van der Waals surface area contributed by atoms with Crippen molar-refractivity contribution in [2.75, 3.05) is 13.7 Å². The summed E-state index contributed by atoms with van der Waals surface area (Å²) in [5.41, 5.74) is 2.09. The van der Waals surface area contributed by atoms with Crippen molar-refractivity contribution in [1.82, 2.24) is 10.2 Å². The molecule has 1 aliphatic rings. The maximum absolute atomic E-state index is 13.2. The van der Waals surface area contributed by atoms with E-state index in [0.717, 1.165) is 36.8 Å². The Hall–Kier alpha value is -3.02. The van der Waals surface area contributed by atoms with Crippen LogP contribution in [0.15, 0.2) is 48.5 Å². The molecule has 0 aliphatic heterocycles. The second-order valence-electron chi connectivity index (χ2n) is 8.12. The molecule has 2 amide bonds. The molecule has 0 heterocycles. The van der Waals surface area contributed by atoms with Crippen molar-refractivity contribution < 1.29 is 19.1 Å². The number of amides is 2. The summed E-state index contributed by atoms with van der Waals surface area (Å²) >= 11 is 0. The Bertz CT molecular complexity index is 893. The fourth-order valence-electron chi connectivity index (χ4n) is 3.94. The zero-order chi connectivity index (χ0) is 22.2. The summed E-state index contributed by atoms with van der Waals surface area (Å²) in [6.07, 6.45) is 4.28. The van der Waals surface area contributed by atoms with E-state index in [2.05, 4.69) is 5.32 Å². The number of rotatable bonds is 9. The average molecular weight is 425 g/mol. The van der Waals surface area contributed by atoms with Crippen LogP contribution in [0.25, 0.3) is 0 Å². The van der Waals surface area contributed by atoms with E-state index in [1.165, 1.54) is 0 Å². The Labute approximate surface area is 184 Å². The Morgan fingerprint density at radius 1 is 1.10 bits per heavy atom. The Morgan fingerprint density at radius 3 is 2.48 bits per heavy atom. The van der Waals surface area contributed by atoms with Crippen LogP contribution in [0.4, 0.5) is 0 Å². The van der Waals surface area contributed by atoms with Gasteiger partial charge in [0.2, 0.25) is 5.91 Å². The molecule has 0 bridgehead atoms. The zero-order valence-corrected chi connectivity index (χ0v) is 18.6. The number of carbonyl (C=O) groups is 2. The quantitative estimate of drug-likeness (QED) is 0.664. The van der Waals surface area contributed by atoms with Gasteiger partial charge < -0.3 is 19.7 Å². The third-order valence-corrected chi connectivity index (χ3v) is 5.72. The molecule has 1 N–H and O–H groups in total. The van der Waals surface area contributed by atoms with Gasteiger partial charge in [0, 0.05) is 12.6 Å². The summed E-state index contributed by atoms with van der Waals surface area (Å²) in [7, 11) is 1.56. The minimum absolute atomic E-state index is 0.120. The highest BCUT2D eigenvalue weighted by Crippen LogP contribution is 2.26. The number of hydrogen-bond donors (Lipinski definition) is 1. The van der Waals surface area contributed by atoms with Gasteiger partial charge in [0.15, 0.2) is 18.1 Å². The number of methoxy groups -OCH3 is 1. The van der Waals surface area contributed by atoms with Gasteiger partial charge in [-0.2, -0.15) is 0 Å². The maximum atomic E-state index is 13.2. The molecule has 1 fully saturated rings. The van der Waals surface area contributed by atoms with Crippen molar-refractivity contribution >= 4 is 11.8 Å². The normalized spacial score (nSPS) is 14.7. The highest BCUT2D eigenvalue weighted by atomic mass is 16.5. The number of aryl methyl sites for hydroxylation is 1. The van der Waals surface area contributed by atoms with Crippen LogP contribution in [0.1, 0.15) is 43.7 Å². The lowest BCUT2D eigenvalue weighted by atomic mass is 10.1. The SMILES string of the molecule is COc1ccccc1OCC(=O)N(Cc1cccc(C)c1)C(C)C(=O)NC1CCCC1.